The Morgan fingerprint density at radius 3 is 2.81 bits per heavy atom. The number of ether oxygens (including phenoxy) is 1. The fourth-order valence-electron chi connectivity index (χ4n) is 2.08. The van der Waals surface area contributed by atoms with E-state index in [4.69, 9.17) is 27.9 Å². The van der Waals surface area contributed by atoms with E-state index in [1.165, 1.54) is 6.92 Å². The number of halogens is 2. The SMILES string of the molecule is C[C@@H](O)[C@H]1O[C@@H](n2cnc(=O)[nH]c2=O)[C@@](Cl)(C#CCl)C1O. The lowest BCUT2D eigenvalue weighted by atomic mass is 9.97. The molecule has 2 heterocycles. The molecule has 0 saturated carbocycles. The van der Waals surface area contributed by atoms with Gasteiger partial charge in [0.1, 0.15) is 18.5 Å². The maximum atomic E-state index is 11.8. The lowest BCUT2D eigenvalue weighted by Crippen LogP contribution is -2.45. The first-order chi connectivity index (χ1) is 9.81. The van der Waals surface area contributed by atoms with Gasteiger partial charge in [-0.2, -0.15) is 4.98 Å². The number of alkyl halides is 1. The smallest absolute Gasteiger partial charge is 0.350 e. The maximum absolute atomic E-state index is 11.8. The Morgan fingerprint density at radius 1 is 1.62 bits per heavy atom. The summed E-state index contributed by atoms with van der Waals surface area (Å²) < 4.78 is 6.28. The van der Waals surface area contributed by atoms with Crippen LogP contribution >= 0.6 is 23.2 Å². The molecule has 2 rings (SSSR count). The second-order valence-corrected chi connectivity index (χ2v) is 5.33. The third-order valence-electron chi connectivity index (χ3n) is 3.10. The number of hydrogen-bond acceptors (Lipinski definition) is 6. The zero-order chi connectivity index (χ0) is 15.8. The van der Waals surface area contributed by atoms with Crippen LogP contribution in [0.4, 0.5) is 0 Å². The molecule has 0 bridgehead atoms. The van der Waals surface area contributed by atoms with Gasteiger partial charge in [0, 0.05) is 5.38 Å². The number of aliphatic hydroxyl groups is 2. The van der Waals surface area contributed by atoms with Crippen molar-refractivity contribution in [1.82, 2.24) is 14.5 Å². The van der Waals surface area contributed by atoms with Crippen molar-refractivity contribution in [3.8, 4) is 11.3 Å². The second kappa shape index (κ2) is 5.79. The molecule has 0 amide bonds. The molecule has 1 saturated heterocycles. The maximum Gasteiger partial charge on any atom is 0.350 e. The molecule has 5 atom stereocenters. The van der Waals surface area contributed by atoms with Crippen molar-refractivity contribution in [3.63, 3.8) is 0 Å². The van der Waals surface area contributed by atoms with E-state index in [0.717, 1.165) is 10.9 Å². The van der Waals surface area contributed by atoms with Crippen molar-refractivity contribution in [2.75, 3.05) is 0 Å². The van der Waals surface area contributed by atoms with E-state index in [-0.39, 0.29) is 0 Å². The van der Waals surface area contributed by atoms with Gasteiger partial charge in [0.2, 0.25) is 0 Å². The van der Waals surface area contributed by atoms with E-state index in [1.54, 1.807) is 0 Å². The summed E-state index contributed by atoms with van der Waals surface area (Å²) in [6, 6.07) is 0. The summed E-state index contributed by atoms with van der Waals surface area (Å²) >= 11 is 11.6. The molecule has 1 aromatic rings. The third kappa shape index (κ3) is 2.71. The summed E-state index contributed by atoms with van der Waals surface area (Å²) in [5.41, 5.74) is -1.69. The van der Waals surface area contributed by atoms with Crippen molar-refractivity contribution in [3.05, 3.63) is 27.3 Å². The highest BCUT2D eigenvalue weighted by Crippen LogP contribution is 2.43. The van der Waals surface area contributed by atoms with Crippen LogP contribution in [0.3, 0.4) is 0 Å². The van der Waals surface area contributed by atoms with Gasteiger partial charge in [0.25, 0.3) is 0 Å². The molecule has 1 fully saturated rings. The van der Waals surface area contributed by atoms with Crippen LogP contribution in [0.5, 0.6) is 0 Å². The molecule has 0 spiro atoms. The molecule has 0 aliphatic carbocycles. The summed E-state index contributed by atoms with van der Waals surface area (Å²) in [6.07, 6.45) is -3.97. The van der Waals surface area contributed by atoms with Crippen LogP contribution in [-0.4, -0.2) is 47.9 Å². The zero-order valence-corrected chi connectivity index (χ0v) is 12.2. The van der Waals surface area contributed by atoms with Crippen LogP contribution in [0.1, 0.15) is 13.2 Å². The molecule has 21 heavy (non-hydrogen) atoms. The Hall–Kier alpha value is -1.37. The summed E-state index contributed by atoms with van der Waals surface area (Å²) in [7, 11) is 0. The molecule has 0 radical (unpaired) electrons. The van der Waals surface area contributed by atoms with E-state index in [2.05, 4.69) is 10.9 Å². The minimum Gasteiger partial charge on any atom is -0.391 e. The standard InChI is InChI=1S/C11H11Cl2N3O5/c1-5(17)6-7(18)11(13,2-3-12)8(21-6)16-4-14-9(19)15-10(16)20/h4-8,17-18H,1H3,(H,15,19,20)/t5-,6-,7?,8-,11-/m1/s1. The molecule has 1 aliphatic rings. The highest BCUT2D eigenvalue weighted by molar-refractivity contribution is 6.32. The van der Waals surface area contributed by atoms with E-state index in [1.807, 2.05) is 10.4 Å². The fraction of sp³-hybridized carbons (Fsp3) is 0.545. The number of rotatable bonds is 2. The minimum atomic E-state index is -1.78. The van der Waals surface area contributed by atoms with Crippen molar-refractivity contribution in [2.45, 2.75) is 36.3 Å². The van der Waals surface area contributed by atoms with E-state index >= 15 is 0 Å². The number of nitrogens with one attached hydrogen (secondary N) is 1. The van der Waals surface area contributed by atoms with Gasteiger partial charge in [0.15, 0.2) is 11.1 Å². The highest BCUT2D eigenvalue weighted by atomic mass is 35.5. The number of H-pyrrole nitrogens is 1. The molecule has 8 nitrogen and oxygen atoms in total. The van der Waals surface area contributed by atoms with Crippen molar-refractivity contribution >= 4 is 23.2 Å². The predicted molar refractivity (Wildman–Crippen MR) is 72.9 cm³/mol. The summed E-state index contributed by atoms with van der Waals surface area (Å²) in [4.78, 5) is 26.3. The van der Waals surface area contributed by atoms with Gasteiger partial charge in [-0.25, -0.2) is 9.59 Å². The number of nitrogens with zero attached hydrogens (tertiary/aromatic N) is 2. The van der Waals surface area contributed by atoms with Gasteiger partial charge in [-0.1, -0.05) is 17.5 Å². The third-order valence-corrected chi connectivity index (χ3v) is 3.70. The van der Waals surface area contributed by atoms with Crippen molar-refractivity contribution in [1.29, 1.82) is 0 Å². The lowest BCUT2D eigenvalue weighted by molar-refractivity contribution is -0.0776. The summed E-state index contributed by atoms with van der Waals surface area (Å²) in [6.45, 7) is 1.38. The lowest BCUT2D eigenvalue weighted by Gasteiger charge is -2.25. The topological polar surface area (TPSA) is 117 Å². The van der Waals surface area contributed by atoms with Crippen LogP contribution in [0.2, 0.25) is 0 Å². The predicted octanol–water partition coefficient (Wildman–Crippen LogP) is -1.25. The van der Waals surface area contributed by atoms with Gasteiger partial charge < -0.3 is 14.9 Å². The van der Waals surface area contributed by atoms with Crippen molar-refractivity contribution < 1.29 is 14.9 Å². The summed E-state index contributed by atoms with van der Waals surface area (Å²) in [5.74, 6) is 2.36. The van der Waals surface area contributed by atoms with Gasteiger partial charge >= 0.3 is 11.4 Å². The van der Waals surface area contributed by atoms with Crippen LogP contribution < -0.4 is 11.4 Å². The zero-order valence-electron chi connectivity index (χ0n) is 10.7. The first-order valence-corrected chi connectivity index (χ1v) is 6.57. The molecule has 1 unspecified atom stereocenters. The van der Waals surface area contributed by atoms with Gasteiger partial charge in [-0.05, 0) is 18.5 Å². The molecule has 3 N–H and O–H groups in total. The van der Waals surface area contributed by atoms with Crippen LogP contribution in [0.15, 0.2) is 15.9 Å². The molecule has 1 aromatic heterocycles. The average molecular weight is 336 g/mol. The van der Waals surface area contributed by atoms with Crippen LogP contribution in [0.25, 0.3) is 0 Å². The van der Waals surface area contributed by atoms with Crippen LogP contribution in [-0.2, 0) is 4.74 Å². The number of aromatic nitrogens is 3. The first kappa shape index (κ1) is 16.0. The first-order valence-electron chi connectivity index (χ1n) is 5.82. The molecular formula is C11H11Cl2N3O5. The normalized spacial score (nSPS) is 33.3. The number of aliphatic hydroxyl groups excluding tert-OH is 2. The fourth-order valence-corrected chi connectivity index (χ4v) is 2.62. The number of aromatic amines is 1. The number of hydrogen-bond donors (Lipinski definition) is 3. The van der Waals surface area contributed by atoms with Gasteiger partial charge in [0.05, 0.1) is 6.10 Å². The Balaban J connectivity index is 2.56. The highest BCUT2D eigenvalue weighted by Gasteiger charge is 2.57. The molecule has 0 aromatic carbocycles. The van der Waals surface area contributed by atoms with Gasteiger partial charge in [-0.3, -0.25) is 9.55 Å². The Morgan fingerprint density at radius 2 is 2.29 bits per heavy atom. The Labute approximate surface area is 128 Å². The average Bonchev–Trinajstić information content (AvgIpc) is 2.64. The molecular weight excluding hydrogens is 325 g/mol. The molecule has 10 heteroatoms. The van der Waals surface area contributed by atoms with Gasteiger partial charge in [-0.15, -0.1) is 0 Å². The summed E-state index contributed by atoms with van der Waals surface area (Å²) in [5, 5.41) is 21.8. The molecule has 1 aliphatic heterocycles. The largest absolute Gasteiger partial charge is 0.391 e. The van der Waals surface area contributed by atoms with E-state index < -0.39 is 40.8 Å². The quantitative estimate of drug-likeness (QED) is 0.459. The van der Waals surface area contributed by atoms with E-state index in [9.17, 15) is 19.8 Å². The monoisotopic (exact) mass is 335 g/mol. The second-order valence-electron chi connectivity index (χ2n) is 4.51. The van der Waals surface area contributed by atoms with Crippen LogP contribution in [0, 0.1) is 11.3 Å². The Bertz CT molecular complexity index is 706. The van der Waals surface area contributed by atoms with Crippen molar-refractivity contribution in [2.24, 2.45) is 0 Å². The van der Waals surface area contributed by atoms with E-state index in [0.29, 0.717) is 0 Å². The molecule has 114 valence electrons. The minimum absolute atomic E-state index is 0.842. The Kier molecular flexibility index (Phi) is 4.41.